The van der Waals surface area contributed by atoms with E-state index >= 15 is 0 Å². The van der Waals surface area contributed by atoms with Gasteiger partial charge in [0, 0.05) is 0 Å². The normalized spacial score (nSPS) is 21.5. The molecule has 1 saturated carbocycles. The van der Waals surface area contributed by atoms with Crippen molar-refractivity contribution < 1.29 is 9.90 Å². The second-order valence-electron chi connectivity index (χ2n) is 5.27. The van der Waals surface area contributed by atoms with E-state index in [1.807, 2.05) is 20.8 Å². The SMILES string of the molecule is CC(C)(C)[C@@H](N)C(=O)NC1(CO)CC1. The number of aliphatic hydroxyl groups is 1. The second-order valence-corrected chi connectivity index (χ2v) is 5.27. The minimum absolute atomic E-state index is 0.00953. The summed E-state index contributed by atoms with van der Waals surface area (Å²) in [5.41, 5.74) is 5.19. The van der Waals surface area contributed by atoms with Gasteiger partial charge in [0.05, 0.1) is 18.2 Å². The van der Waals surface area contributed by atoms with E-state index in [1.165, 1.54) is 0 Å². The zero-order valence-electron chi connectivity index (χ0n) is 9.13. The topological polar surface area (TPSA) is 75.4 Å². The summed E-state index contributed by atoms with van der Waals surface area (Å²) in [6.07, 6.45) is 1.71. The van der Waals surface area contributed by atoms with E-state index in [0.717, 1.165) is 12.8 Å². The molecular formula is C10H20N2O2. The number of amides is 1. The number of hydrogen-bond donors (Lipinski definition) is 3. The van der Waals surface area contributed by atoms with Gasteiger partial charge in [-0.25, -0.2) is 0 Å². The first-order chi connectivity index (χ1) is 6.31. The van der Waals surface area contributed by atoms with Gasteiger partial charge in [0.15, 0.2) is 0 Å². The predicted molar refractivity (Wildman–Crippen MR) is 54.6 cm³/mol. The van der Waals surface area contributed by atoms with E-state index in [-0.39, 0.29) is 23.5 Å². The Morgan fingerprint density at radius 2 is 2.07 bits per heavy atom. The number of carbonyl (C=O) groups excluding carboxylic acids is 1. The van der Waals surface area contributed by atoms with E-state index < -0.39 is 6.04 Å². The zero-order valence-corrected chi connectivity index (χ0v) is 9.13. The van der Waals surface area contributed by atoms with Crippen LogP contribution in [0.25, 0.3) is 0 Å². The van der Waals surface area contributed by atoms with Gasteiger partial charge in [-0.15, -0.1) is 0 Å². The highest BCUT2D eigenvalue weighted by molar-refractivity contribution is 5.83. The summed E-state index contributed by atoms with van der Waals surface area (Å²) in [7, 11) is 0. The molecule has 0 aromatic heterocycles. The molecule has 0 unspecified atom stereocenters. The van der Waals surface area contributed by atoms with Crippen molar-refractivity contribution in [3.63, 3.8) is 0 Å². The van der Waals surface area contributed by atoms with Crippen LogP contribution in [0.15, 0.2) is 0 Å². The molecule has 1 atom stereocenters. The van der Waals surface area contributed by atoms with E-state index in [2.05, 4.69) is 5.32 Å². The van der Waals surface area contributed by atoms with Crippen LogP contribution in [0.1, 0.15) is 33.6 Å². The van der Waals surface area contributed by atoms with Crippen molar-refractivity contribution >= 4 is 5.91 Å². The van der Waals surface area contributed by atoms with Crippen molar-refractivity contribution in [1.29, 1.82) is 0 Å². The van der Waals surface area contributed by atoms with Crippen LogP contribution in [-0.2, 0) is 4.79 Å². The molecule has 0 radical (unpaired) electrons. The van der Waals surface area contributed by atoms with Crippen LogP contribution in [0.3, 0.4) is 0 Å². The average Bonchev–Trinajstić information content (AvgIpc) is 2.82. The number of aliphatic hydroxyl groups excluding tert-OH is 1. The molecule has 1 amide bonds. The lowest BCUT2D eigenvalue weighted by atomic mass is 9.87. The fourth-order valence-corrected chi connectivity index (χ4v) is 1.21. The molecule has 0 aromatic carbocycles. The number of hydrogen-bond acceptors (Lipinski definition) is 3. The average molecular weight is 200 g/mol. The van der Waals surface area contributed by atoms with Crippen LogP contribution in [0, 0.1) is 5.41 Å². The fourth-order valence-electron chi connectivity index (χ4n) is 1.21. The van der Waals surface area contributed by atoms with E-state index in [0.29, 0.717) is 0 Å². The molecule has 4 heteroatoms. The van der Waals surface area contributed by atoms with Gasteiger partial charge in [-0.1, -0.05) is 20.8 Å². The van der Waals surface area contributed by atoms with Crippen molar-refractivity contribution in [2.45, 2.75) is 45.2 Å². The highest BCUT2D eigenvalue weighted by Gasteiger charge is 2.45. The molecule has 1 aliphatic carbocycles. The maximum Gasteiger partial charge on any atom is 0.237 e. The lowest BCUT2D eigenvalue weighted by Gasteiger charge is -2.27. The first-order valence-corrected chi connectivity index (χ1v) is 4.99. The Morgan fingerprint density at radius 1 is 1.57 bits per heavy atom. The minimum atomic E-state index is -0.522. The highest BCUT2D eigenvalue weighted by atomic mass is 16.3. The summed E-state index contributed by atoms with van der Waals surface area (Å²) in [6, 6.07) is -0.522. The molecule has 0 heterocycles. The monoisotopic (exact) mass is 200 g/mol. The van der Waals surface area contributed by atoms with Crippen molar-refractivity contribution in [1.82, 2.24) is 5.32 Å². The molecule has 0 spiro atoms. The molecule has 4 nitrogen and oxygen atoms in total. The Balaban J connectivity index is 2.50. The standard InChI is InChI=1S/C10H20N2O2/c1-9(2,3)7(11)8(14)12-10(6-13)4-5-10/h7,13H,4-6,11H2,1-3H3,(H,12,14)/t7-/m0/s1. The lowest BCUT2D eigenvalue weighted by molar-refractivity contribution is -0.125. The molecule has 1 rings (SSSR count). The lowest BCUT2D eigenvalue weighted by Crippen LogP contribution is -2.53. The third-order valence-electron chi connectivity index (χ3n) is 2.76. The summed E-state index contributed by atoms with van der Waals surface area (Å²) >= 11 is 0. The Bertz CT molecular complexity index is 229. The summed E-state index contributed by atoms with van der Waals surface area (Å²) in [5, 5.41) is 11.8. The third-order valence-corrected chi connectivity index (χ3v) is 2.76. The van der Waals surface area contributed by atoms with Crippen LogP contribution in [0.2, 0.25) is 0 Å². The highest BCUT2D eigenvalue weighted by Crippen LogP contribution is 2.35. The van der Waals surface area contributed by atoms with Crippen LogP contribution in [0.4, 0.5) is 0 Å². The van der Waals surface area contributed by atoms with Crippen molar-refractivity contribution in [2.75, 3.05) is 6.61 Å². The smallest absolute Gasteiger partial charge is 0.237 e. The Hall–Kier alpha value is -0.610. The molecule has 0 aromatic rings. The van der Waals surface area contributed by atoms with Crippen molar-refractivity contribution in [3.8, 4) is 0 Å². The van der Waals surface area contributed by atoms with E-state index in [1.54, 1.807) is 0 Å². The molecule has 14 heavy (non-hydrogen) atoms. The van der Waals surface area contributed by atoms with E-state index in [9.17, 15) is 4.79 Å². The second kappa shape index (κ2) is 3.51. The molecule has 4 N–H and O–H groups in total. The summed E-state index contributed by atoms with van der Waals surface area (Å²) in [5.74, 6) is -0.163. The van der Waals surface area contributed by atoms with Gasteiger partial charge >= 0.3 is 0 Å². The Kier molecular flexibility index (Phi) is 2.88. The van der Waals surface area contributed by atoms with Gasteiger partial charge < -0.3 is 16.2 Å². The predicted octanol–water partition coefficient (Wildman–Crippen LogP) is 0.000900. The molecular weight excluding hydrogens is 180 g/mol. The first-order valence-electron chi connectivity index (χ1n) is 4.99. The maximum absolute atomic E-state index is 11.7. The summed E-state index contributed by atoms with van der Waals surface area (Å²) < 4.78 is 0. The van der Waals surface area contributed by atoms with Crippen LogP contribution < -0.4 is 11.1 Å². The fraction of sp³-hybridized carbons (Fsp3) is 0.900. The number of nitrogens with one attached hydrogen (secondary N) is 1. The summed E-state index contributed by atoms with van der Waals surface area (Å²) in [4.78, 5) is 11.7. The summed E-state index contributed by atoms with van der Waals surface area (Å²) in [6.45, 7) is 5.79. The largest absolute Gasteiger partial charge is 0.394 e. The Labute approximate surface area is 84.9 Å². The van der Waals surface area contributed by atoms with Gasteiger partial charge in [-0.2, -0.15) is 0 Å². The number of nitrogens with two attached hydrogens (primary N) is 1. The molecule has 0 saturated heterocycles. The van der Waals surface area contributed by atoms with Crippen LogP contribution >= 0.6 is 0 Å². The van der Waals surface area contributed by atoms with Gasteiger partial charge in [0.25, 0.3) is 0 Å². The minimum Gasteiger partial charge on any atom is -0.394 e. The van der Waals surface area contributed by atoms with E-state index in [4.69, 9.17) is 10.8 Å². The van der Waals surface area contributed by atoms with Crippen molar-refractivity contribution in [2.24, 2.45) is 11.1 Å². The van der Waals surface area contributed by atoms with Crippen LogP contribution in [-0.4, -0.2) is 29.2 Å². The quantitative estimate of drug-likeness (QED) is 0.600. The molecule has 0 bridgehead atoms. The molecule has 0 aliphatic heterocycles. The van der Waals surface area contributed by atoms with Gasteiger partial charge in [0.1, 0.15) is 0 Å². The third kappa shape index (κ3) is 2.45. The van der Waals surface area contributed by atoms with Crippen molar-refractivity contribution in [3.05, 3.63) is 0 Å². The van der Waals surface area contributed by atoms with Gasteiger partial charge in [-0.3, -0.25) is 4.79 Å². The Morgan fingerprint density at radius 3 is 2.36 bits per heavy atom. The van der Waals surface area contributed by atoms with Gasteiger partial charge in [0.2, 0.25) is 5.91 Å². The van der Waals surface area contributed by atoms with Gasteiger partial charge in [-0.05, 0) is 18.3 Å². The zero-order chi connectivity index (χ0) is 11.0. The number of rotatable bonds is 3. The first kappa shape index (κ1) is 11.5. The maximum atomic E-state index is 11.7. The van der Waals surface area contributed by atoms with Crippen LogP contribution in [0.5, 0.6) is 0 Å². The molecule has 82 valence electrons. The molecule has 1 fully saturated rings. The number of carbonyl (C=O) groups is 1. The molecule has 1 aliphatic rings.